The van der Waals surface area contributed by atoms with E-state index in [0.717, 1.165) is 25.1 Å². The fourth-order valence-corrected chi connectivity index (χ4v) is 3.07. The van der Waals surface area contributed by atoms with Crippen LogP contribution in [0, 0.1) is 5.82 Å². The molecule has 0 saturated carbocycles. The average Bonchev–Trinajstić information content (AvgIpc) is 2.94. The van der Waals surface area contributed by atoms with Crippen LogP contribution < -0.4 is 5.73 Å². The molecule has 0 aliphatic carbocycles. The van der Waals surface area contributed by atoms with Crippen LogP contribution in [-0.4, -0.2) is 17.0 Å². The van der Waals surface area contributed by atoms with Crippen LogP contribution in [0.2, 0.25) is 0 Å². The fourth-order valence-electron chi connectivity index (χ4n) is 3.07. The maximum atomic E-state index is 13.0. The van der Waals surface area contributed by atoms with Crippen LogP contribution in [0.1, 0.15) is 23.6 Å². The molecular formula is C18H21FN2. The van der Waals surface area contributed by atoms with Gasteiger partial charge in [-0.1, -0.05) is 36.4 Å². The molecule has 0 fully saturated rings. The molecule has 1 unspecified atom stereocenters. The lowest BCUT2D eigenvalue weighted by atomic mass is 9.91. The number of benzene rings is 2. The molecule has 0 amide bonds. The Morgan fingerprint density at radius 2 is 1.62 bits per heavy atom. The Balaban J connectivity index is 1.79. The third kappa shape index (κ3) is 2.85. The second kappa shape index (κ2) is 5.58. The van der Waals surface area contributed by atoms with Crippen molar-refractivity contribution in [1.82, 2.24) is 4.90 Å². The summed E-state index contributed by atoms with van der Waals surface area (Å²) >= 11 is 0. The molecule has 21 heavy (non-hydrogen) atoms. The molecule has 1 heterocycles. The van der Waals surface area contributed by atoms with Gasteiger partial charge in [0.05, 0.1) is 0 Å². The van der Waals surface area contributed by atoms with E-state index in [-0.39, 0.29) is 11.4 Å². The highest BCUT2D eigenvalue weighted by molar-refractivity contribution is 5.31. The smallest absolute Gasteiger partial charge is 0.123 e. The third-order valence-electron chi connectivity index (χ3n) is 4.54. The number of halogens is 1. The number of rotatable bonds is 4. The summed E-state index contributed by atoms with van der Waals surface area (Å²) in [6, 6.07) is 15.3. The Morgan fingerprint density at radius 1 is 1.05 bits per heavy atom. The van der Waals surface area contributed by atoms with Crippen LogP contribution >= 0.6 is 0 Å². The summed E-state index contributed by atoms with van der Waals surface area (Å²) in [5.74, 6) is -0.193. The predicted molar refractivity (Wildman–Crippen MR) is 83.3 cm³/mol. The lowest BCUT2D eigenvalue weighted by Crippen LogP contribution is -2.50. The monoisotopic (exact) mass is 284 g/mol. The van der Waals surface area contributed by atoms with Crippen molar-refractivity contribution in [3.63, 3.8) is 0 Å². The molecule has 2 aromatic rings. The molecule has 1 aliphatic rings. The maximum Gasteiger partial charge on any atom is 0.123 e. The molecule has 2 nitrogen and oxygen atoms in total. The highest BCUT2D eigenvalue weighted by Gasteiger charge is 2.34. The Kier molecular flexibility index (Phi) is 3.79. The maximum absolute atomic E-state index is 13.0. The lowest BCUT2D eigenvalue weighted by molar-refractivity contribution is 0.108. The molecule has 1 atom stereocenters. The van der Waals surface area contributed by atoms with Gasteiger partial charge in [-0.25, -0.2) is 4.39 Å². The van der Waals surface area contributed by atoms with Gasteiger partial charge in [0, 0.05) is 25.2 Å². The summed E-state index contributed by atoms with van der Waals surface area (Å²) in [5, 5.41) is 0. The minimum absolute atomic E-state index is 0.114. The van der Waals surface area contributed by atoms with E-state index in [1.165, 1.54) is 23.3 Å². The van der Waals surface area contributed by atoms with Gasteiger partial charge in [-0.3, -0.25) is 4.90 Å². The third-order valence-corrected chi connectivity index (χ3v) is 4.54. The Labute approximate surface area is 125 Å². The molecule has 2 aromatic carbocycles. The van der Waals surface area contributed by atoms with Crippen LogP contribution in [0.4, 0.5) is 4.39 Å². The van der Waals surface area contributed by atoms with E-state index < -0.39 is 0 Å². The van der Waals surface area contributed by atoms with Crippen LogP contribution in [0.15, 0.2) is 48.5 Å². The summed E-state index contributed by atoms with van der Waals surface area (Å²) in [4.78, 5) is 2.43. The molecule has 110 valence electrons. The van der Waals surface area contributed by atoms with Crippen molar-refractivity contribution >= 4 is 0 Å². The van der Waals surface area contributed by atoms with Gasteiger partial charge in [0.25, 0.3) is 0 Å². The number of hydrogen-bond donors (Lipinski definition) is 1. The van der Waals surface area contributed by atoms with Crippen LogP contribution in [-0.2, 0) is 19.5 Å². The highest BCUT2D eigenvalue weighted by Crippen LogP contribution is 2.31. The Hall–Kier alpha value is -1.71. The molecule has 3 rings (SSSR count). The van der Waals surface area contributed by atoms with Gasteiger partial charge in [-0.05, 0) is 42.2 Å². The standard InChI is InChI=1S/C18H21FN2/c1-18(13-20,10-14-6-8-17(19)9-7-14)21-11-15-4-2-3-5-16(15)12-21/h2-9H,10-13,20H2,1H3. The number of nitrogens with two attached hydrogens (primary N) is 1. The SMILES string of the molecule is CC(CN)(Cc1ccc(F)cc1)N1Cc2ccccc2C1. The van der Waals surface area contributed by atoms with Gasteiger partial charge in [0.2, 0.25) is 0 Å². The van der Waals surface area contributed by atoms with Gasteiger partial charge >= 0.3 is 0 Å². The molecule has 1 aliphatic heterocycles. The van der Waals surface area contributed by atoms with Crippen molar-refractivity contribution in [1.29, 1.82) is 0 Å². The van der Waals surface area contributed by atoms with E-state index in [1.54, 1.807) is 0 Å². The van der Waals surface area contributed by atoms with Crippen LogP contribution in [0.5, 0.6) is 0 Å². The van der Waals surface area contributed by atoms with E-state index >= 15 is 0 Å². The molecule has 3 heteroatoms. The second-order valence-corrected chi connectivity index (χ2v) is 6.13. The Morgan fingerprint density at radius 3 is 2.14 bits per heavy atom. The lowest BCUT2D eigenvalue weighted by Gasteiger charge is -2.38. The van der Waals surface area contributed by atoms with Crippen LogP contribution in [0.25, 0.3) is 0 Å². The summed E-state index contributed by atoms with van der Waals surface area (Å²) < 4.78 is 13.0. The zero-order valence-electron chi connectivity index (χ0n) is 12.3. The first-order valence-corrected chi connectivity index (χ1v) is 7.37. The van der Waals surface area contributed by atoms with Gasteiger partial charge in [-0.2, -0.15) is 0 Å². The predicted octanol–water partition coefficient (Wildman–Crippen LogP) is 3.10. The summed E-state index contributed by atoms with van der Waals surface area (Å²) in [7, 11) is 0. The van der Waals surface area contributed by atoms with E-state index in [1.807, 2.05) is 12.1 Å². The van der Waals surface area contributed by atoms with Gasteiger partial charge in [0.15, 0.2) is 0 Å². The molecular weight excluding hydrogens is 263 g/mol. The van der Waals surface area contributed by atoms with Crippen molar-refractivity contribution < 1.29 is 4.39 Å². The second-order valence-electron chi connectivity index (χ2n) is 6.13. The van der Waals surface area contributed by atoms with Crippen molar-refractivity contribution in [3.8, 4) is 0 Å². The van der Waals surface area contributed by atoms with E-state index in [9.17, 15) is 4.39 Å². The molecule has 0 saturated heterocycles. The first kappa shape index (κ1) is 14.2. The van der Waals surface area contributed by atoms with Crippen LogP contribution in [0.3, 0.4) is 0 Å². The van der Waals surface area contributed by atoms with Crippen molar-refractivity contribution in [2.24, 2.45) is 5.73 Å². The number of hydrogen-bond acceptors (Lipinski definition) is 2. The Bertz CT molecular complexity index is 598. The fraction of sp³-hybridized carbons (Fsp3) is 0.333. The van der Waals surface area contributed by atoms with Crippen molar-refractivity contribution in [2.75, 3.05) is 6.54 Å². The number of fused-ring (bicyclic) bond motifs is 1. The molecule has 0 radical (unpaired) electrons. The topological polar surface area (TPSA) is 29.3 Å². The zero-order valence-corrected chi connectivity index (χ0v) is 12.3. The molecule has 0 aromatic heterocycles. The minimum Gasteiger partial charge on any atom is -0.329 e. The zero-order chi connectivity index (χ0) is 14.9. The molecule has 2 N–H and O–H groups in total. The summed E-state index contributed by atoms with van der Waals surface area (Å²) in [5.41, 5.74) is 9.87. The van der Waals surface area contributed by atoms with Gasteiger partial charge < -0.3 is 5.73 Å². The van der Waals surface area contributed by atoms with Gasteiger partial charge in [0.1, 0.15) is 5.82 Å². The highest BCUT2D eigenvalue weighted by atomic mass is 19.1. The first-order valence-electron chi connectivity index (χ1n) is 7.37. The normalized spacial score (nSPS) is 17.5. The minimum atomic E-state index is -0.193. The largest absolute Gasteiger partial charge is 0.329 e. The average molecular weight is 284 g/mol. The quantitative estimate of drug-likeness (QED) is 0.935. The molecule has 0 bridgehead atoms. The van der Waals surface area contributed by atoms with E-state index in [4.69, 9.17) is 5.73 Å². The van der Waals surface area contributed by atoms with E-state index in [0.29, 0.717) is 6.54 Å². The van der Waals surface area contributed by atoms with Crippen molar-refractivity contribution in [3.05, 3.63) is 71.0 Å². The summed E-state index contributed by atoms with van der Waals surface area (Å²) in [6.45, 7) is 4.65. The van der Waals surface area contributed by atoms with Gasteiger partial charge in [-0.15, -0.1) is 0 Å². The van der Waals surface area contributed by atoms with Crippen molar-refractivity contribution in [2.45, 2.75) is 32.0 Å². The van der Waals surface area contributed by atoms with E-state index in [2.05, 4.69) is 36.1 Å². The molecule has 0 spiro atoms. The number of nitrogens with zero attached hydrogens (tertiary/aromatic N) is 1. The first-order chi connectivity index (χ1) is 10.1. The summed E-state index contributed by atoms with van der Waals surface area (Å²) in [6.07, 6.45) is 0.831.